The maximum absolute atomic E-state index is 12.6. The van der Waals surface area contributed by atoms with E-state index in [9.17, 15) is 28.8 Å². The molecule has 0 atom stereocenters. The highest BCUT2D eigenvalue weighted by atomic mass is 32.1. The van der Waals surface area contributed by atoms with Crippen molar-refractivity contribution in [1.82, 2.24) is 47.3 Å². The van der Waals surface area contributed by atoms with Gasteiger partial charge < -0.3 is 35.1 Å². The summed E-state index contributed by atoms with van der Waals surface area (Å²) in [6, 6.07) is 16.6. The second kappa shape index (κ2) is 21.1. The smallest absolute Gasteiger partial charge is 0.332 e. The van der Waals surface area contributed by atoms with E-state index < -0.39 is 28.5 Å². The van der Waals surface area contributed by atoms with Crippen LogP contribution in [-0.4, -0.2) is 90.5 Å². The van der Waals surface area contributed by atoms with Crippen LogP contribution in [0.2, 0.25) is 0 Å². The number of nitrogens with one attached hydrogen (secondary N) is 1. The molecule has 0 fully saturated rings. The number of nitrogens with zero attached hydrogens (tertiary/aromatic N) is 12. The van der Waals surface area contributed by atoms with Crippen LogP contribution in [-0.2, 0) is 50.9 Å². The van der Waals surface area contributed by atoms with E-state index in [1.54, 1.807) is 0 Å². The molecule has 0 aliphatic rings. The van der Waals surface area contributed by atoms with Crippen molar-refractivity contribution in [1.29, 1.82) is 0 Å². The van der Waals surface area contributed by atoms with Gasteiger partial charge in [-0.15, -0.1) is 22.7 Å². The van der Waals surface area contributed by atoms with Gasteiger partial charge in [0.05, 0.1) is 24.0 Å². The van der Waals surface area contributed by atoms with Crippen LogP contribution >= 0.6 is 22.7 Å². The Bertz CT molecular complexity index is 3270. The predicted octanol–water partition coefficient (Wildman–Crippen LogP) is 3.80. The van der Waals surface area contributed by atoms with Crippen LogP contribution in [0.5, 0.6) is 0 Å². The van der Waals surface area contributed by atoms with Crippen molar-refractivity contribution in [3.8, 4) is 22.5 Å². The van der Waals surface area contributed by atoms with Crippen LogP contribution in [0.4, 0.5) is 21.6 Å². The van der Waals surface area contributed by atoms with Crippen LogP contribution in [0.1, 0.15) is 27.7 Å². The molecule has 6 aromatic heterocycles. The molecule has 6 heterocycles. The molecule has 0 spiro atoms. The summed E-state index contributed by atoms with van der Waals surface area (Å²) in [5, 5.41) is 16.4. The fourth-order valence-corrected chi connectivity index (χ4v) is 8.55. The molecule has 23 heteroatoms. The zero-order valence-electron chi connectivity index (χ0n) is 38.3. The van der Waals surface area contributed by atoms with Crippen LogP contribution in [0.3, 0.4) is 0 Å². The highest BCUT2D eigenvalue weighted by molar-refractivity contribution is 7.14. The number of carbonyl (C=O) groups is 2. The normalized spacial score (nSPS) is 10.9. The molecule has 0 radical (unpaired) electrons. The molecule has 8 rings (SSSR count). The third-order valence-electron chi connectivity index (χ3n) is 10.9. The number of aliphatic carboxylic acids is 1. The van der Waals surface area contributed by atoms with Crippen molar-refractivity contribution in [3.05, 3.63) is 114 Å². The average molecular weight is 953 g/mol. The Hall–Kier alpha value is -7.66. The highest BCUT2D eigenvalue weighted by Gasteiger charge is 2.18. The van der Waals surface area contributed by atoms with E-state index in [1.807, 2.05) is 22.9 Å². The molecule has 2 aromatic carbocycles. The summed E-state index contributed by atoms with van der Waals surface area (Å²) in [7, 11) is 5.74. The fourth-order valence-electron chi connectivity index (χ4n) is 7.24. The Morgan fingerprint density at radius 3 is 1.45 bits per heavy atom. The van der Waals surface area contributed by atoms with Crippen LogP contribution < -0.4 is 43.3 Å². The molecule has 0 unspecified atom stereocenters. The average Bonchev–Trinajstić information content (AvgIpc) is 4.16. The number of hydrogen-bond donors (Lipinski definition) is 3. The summed E-state index contributed by atoms with van der Waals surface area (Å²) < 4.78 is 7.05. The number of carbonyl (C=O) groups excluding carboxylic acids is 1. The fraction of sp³-hybridized carbons (Fsp3) is 0.318. The minimum absolute atomic E-state index is 0.108. The molecule has 352 valence electrons. The van der Waals surface area contributed by atoms with Gasteiger partial charge in [0.15, 0.2) is 32.6 Å². The second-order valence-corrected chi connectivity index (χ2v) is 16.7. The molecular formula is C44H52N14O7S2. The number of carboxylic acid groups (broad SMARTS) is 1. The number of hydrogen-bond acceptors (Lipinski definition) is 15. The molecule has 1 amide bonds. The third kappa shape index (κ3) is 10.6. The number of aromatic nitrogens is 10. The van der Waals surface area contributed by atoms with Gasteiger partial charge >= 0.3 is 17.3 Å². The van der Waals surface area contributed by atoms with Gasteiger partial charge in [0.25, 0.3) is 11.1 Å². The van der Waals surface area contributed by atoms with Crippen LogP contribution in [0.25, 0.3) is 44.8 Å². The van der Waals surface area contributed by atoms with Crippen molar-refractivity contribution in [2.75, 3.05) is 47.0 Å². The number of benzene rings is 2. The number of amides is 1. The summed E-state index contributed by atoms with van der Waals surface area (Å²) in [5.41, 5.74) is 10.6. The number of thiazole rings is 2. The van der Waals surface area contributed by atoms with Gasteiger partial charge in [-0.05, 0) is 52.0 Å². The lowest BCUT2D eigenvalue weighted by Crippen LogP contribution is -2.37. The number of nitrogen functional groups attached to an aromatic ring is 1. The Morgan fingerprint density at radius 1 is 0.627 bits per heavy atom. The molecular weight excluding hydrogens is 901 g/mol. The predicted molar refractivity (Wildman–Crippen MR) is 263 cm³/mol. The van der Waals surface area contributed by atoms with E-state index in [1.165, 1.54) is 87.5 Å². The lowest BCUT2D eigenvalue weighted by atomic mass is 10.1. The van der Waals surface area contributed by atoms with Crippen molar-refractivity contribution in [2.45, 2.75) is 40.8 Å². The number of rotatable bonds is 13. The number of nitrogens with two attached hydrogens (primary N) is 1. The molecule has 21 nitrogen and oxygen atoms in total. The Labute approximate surface area is 391 Å². The topological polar surface area (TPSA) is 248 Å². The van der Waals surface area contributed by atoms with Gasteiger partial charge in [0, 0.05) is 87.6 Å². The minimum Gasteiger partial charge on any atom is -0.480 e. The van der Waals surface area contributed by atoms with Crippen LogP contribution in [0.15, 0.2) is 91.1 Å². The van der Waals surface area contributed by atoms with Gasteiger partial charge in [-0.1, -0.05) is 24.3 Å². The van der Waals surface area contributed by atoms with Crippen molar-refractivity contribution in [3.63, 3.8) is 0 Å². The van der Waals surface area contributed by atoms with Gasteiger partial charge in [-0.3, -0.25) is 37.4 Å². The maximum Gasteiger partial charge on any atom is 0.332 e. The Morgan fingerprint density at radius 2 is 1.04 bits per heavy atom. The van der Waals surface area contributed by atoms with E-state index in [4.69, 9.17) is 10.8 Å². The summed E-state index contributed by atoms with van der Waals surface area (Å²) in [6.07, 6.45) is 2.62. The third-order valence-corrected chi connectivity index (χ3v) is 12.3. The highest BCUT2D eigenvalue weighted by Crippen LogP contribution is 2.28. The maximum atomic E-state index is 12.6. The van der Waals surface area contributed by atoms with Crippen molar-refractivity contribution < 1.29 is 14.7 Å². The zero-order chi connectivity index (χ0) is 48.7. The first kappa shape index (κ1) is 48.8. The summed E-state index contributed by atoms with van der Waals surface area (Å²) in [6.45, 7) is 12.0. The molecule has 8 aromatic rings. The molecule has 0 aliphatic heterocycles. The molecule has 0 aliphatic carbocycles. The SMILES string of the molecule is CCN(CC)c1ccc(-c2csc(N)n2)cc1.CCN(CC)c1ccc(-c2csc(NC(=O)Cn3cnc4c3c(=O)n(C)c(=O)n4C)n2)cc1.Cn1c(=O)c2c(ncn2CC(=O)O)n(C)c1=O. The molecule has 0 saturated heterocycles. The first-order chi connectivity index (χ1) is 32.0. The molecule has 67 heavy (non-hydrogen) atoms. The molecule has 4 N–H and O–H groups in total. The standard InChI is InChI=1S/C22H25N7O3S.C13H17N3S.C9H10N4O4/c1-5-28(6-2)15-9-7-14(8-10-15)16-12-33-21(24-16)25-17(30)11-29-13-23-19-18(29)20(31)27(4)22(32)26(19)3;1-3-16(4-2)11-7-5-10(6-8-11)12-9-17-13(14)15-12;1-11-7-6(8(16)12(2)9(11)17)13(4-10-7)3-5(14)15/h7-10,12-13H,5-6,11H2,1-4H3,(H,24,25,30);5-9H,3-4H2,1-2H3,(H2,14,15);4H,3H2,1-2H3,(H,14,15). The minimum atomic E-state index is -1.08. The van der Waals surface area contributed by atoms with Gasteiger partial charge in [-0.25, -0.2) is 29.5 Å². The van der Waals surface area contributed by atoms with Crippen molar-refractivity contribution in [2.24, 2.45) is 28.2 Å². The van der Waals surface area contributed by atoms with E-state index in [0.717, 1.165) is 63.5 Å². The van der Waals surface area contributed by atoms with E-state index in [2.05, 4.69) is 99.1 Å². The zero-order valence-corrected chi connectivity index (χ0v) is 40.0. The number of aryl methyl sites for hydroxylation is 2. The quantitative estimate of drug-likeness (QED) is 0.149. The largest absolute Gasteiger partial charge is 0.480 e. The molecule has 0 saturated carbocycles. The monoisotopic (exact) mass is 952 g/mol. The summed E-state index contributed by atoms with van der Waals surface area (Å²) >= 11 is 2.80. The first-order valence-corrected chi connectivity index (χ1v) is 22.9. The Balaban J connectivity index is 0.000000183. The number of imidazole rings is 2. The van der Waals surface area contributed by atoms with E-state index in [-0.39, 0.29) is 41.3 Å². The second-order valence-electron chi connectivity index (χ2n) is 15.0. The van der Waals surface area contributed by atoms with Gasteiger partial charge in [-0.2, -0.15) is 0 Å². The number of carboxylic acids is 1. The van der Waals surface area contributed by atoms with Crippen molar-refractivity contribution >= 4 is 78.5 Å². The lowest BCUT2D eigenvalue weighted by Gasteiger charge is -2.20. The number of anilines is 4. The Kier molecular flexibility index (Phi) is 15.4. The first-order valence-electron chi connectivity index (χ1n) is 21.1. The summed E-state index contributed by atoms with van der Waals surface area (Å²) in [4.78, 5) is 92.7. The van der Waals surface area contributed by atoms with Gasteiger partial charge in [0.2, 0.25) is 5.91 Å². The lowest BCUT2D eigenvalue weighted by molar-refractivity contribution is -0.137. The molecule has 0 bridgehead atoms. The summed E-state index contributed by atoms with van der Waals surface area (Å²) in [5.74, 6) is -1.43. The van der Waals surface area contributed by atoms with E-state index >= 15 is 0 Å². The number of fused-ring (bicyclic) bond motifs is 2. The van der Waals surface area contributed by atoms with E-state index in [0.29, 0.717) is 10.3 Å². The van der Waals surface area contributed by atoms with Crippen LogP contribution in [0, 0.1) is 0 Å². The van der Waals surface area contributed by atoms with Gasteiger partial charge in [0.1, 0.15) is 13.1 Å².